The standard InChI is InChI=1S/C27H32FN3O6/c1-26(2,3)27(4,35)16-37-23-14-20(30-31(23)21-12-8-7-11-18(21)28)25(34)29-19(15-24(32)33)17-10-6-9-13-22(17)36-5/h6-14,19,35H,15-16H2,1-5H3,(H,29,34)(H,32,33)/t19-,27+/m0/s1. The van der Waals surface area contributed by atoms with Gasteiger partial charge in [-0.25, -0.2) is 4.39 Å². The minimum absolute atomic E-state index is 0.0341. The molecule has 0 saturated carbocycles. The number of nitrogens with one attached hydrogen (secondary N) is 1. The van der Waals surface area contributed by atoms with E-state index in [0.717, 1.165) is 4.68 Å². The van der Waals surface area contributed by atoms with E-state index in [4.69, 9.17) is 9.47 Å². The van der Waals surface area contributed by atoms with Gasteiger partial charge >= 0.3 is 5.97 Å². The number of nitrogens with zero attached hydrogens (tertiary/aromatic N) is 2. The first-order valence-corrected chi connectivity index (χ1v) is 11.7. The molecule has 3 rings (SSSR count). The van der Waals surface area contributed by atoms with Gasteiger partial charge in [0.25, 0.3) is 5.91 Å². The molecule has 0 aliphatic carbocycles. The Morgan fingerprint density at radius 2 is 1.76 bits per heavy atom. The number of rotatable bonds is 10. The Kier molecular flexibility index (Phi) is 8.22. The number of aromatic nitrogens is 2. The van der Waals surface area contributed by atoms with Gasteiger partial charge in [0, 0.05) is 11.6 Å². The molecule has 3 aromatic rings. The summed E-state index contributed by atoms with van der Waals surface area (Å²) in [4.78, 5) is 24.8. The topological polar surface area (TPSA) is 123 Å². The average Bonchev–Trinajstić information content (AvgIpc) is 3.26. The van der Waals surface area contributed by atoms with Gasteiger partial charge < -0.3 is 25.0 Å². The van der Waals surface area contributed by atoms with Gasteiger partial charge in [-0.15, -0.1) is 0 Å². The van der Waals surface area contributed by atoms with Gasteiger partial charge in [-0.3, -0.25) is 9.59 Å². The van der Waals surface area contributed by atoms with Crippen molar-refractivity contribution in [3.8, 4) is 17.3 Å². The Morgan fingerprint density at radius 3 is 2.38 bits per heavy atom. The van der Waals surface area contributed by atoms with Crippen molar-refractivity contribution in [2.75, 3.05) is 13.7 Å². The number of hydrogen-bond acceptors (Lipinski definition) is 6. The molecule has 2 atom stereocenters. The summed E-state index contributed by atoms with van der Waals surface area (Å²) >= 11 is 0. The minimum atomic E-state index is -1.25. The third-order valence-electron chi connectivity index (χ3n) is 6.31. The molecule has 1 heterocycles. The van der Waals surface area contributed by atoms with Crippen LogP contribution in [0.15, 0.2) is 54.6 Å². The molecular formula is C27H32FN3O6. The number of benzene rings is 2. The van der Waals surface area contributed by atoms with Crippen molar-refractivity contribution < 1.29 is 33.7 Å². The van der Waals surface area contributed by atoms with Gasteiger partial charge in [-0.2, -0.15) is 9.78 Å². The van der Waals surface area contributed by atoms with Crippen molar-refractivity contribution in [1.29, 1.82) is 0 Å². The maximum absolute atomic E-state index is 14.6. The van der Waals surface area contributed by atoms with E-state index in [1.165, 1.54) is 31.4 Å². The zero-order valence-electron chi connectivity index (χ0n) is 21.5. The van der Waals surface area contributed by atoms with Gasteiger partial charge in [-0.05, 0) is 30.5 Å². The number of ether oxygens (including phenoxy) is 2. The molecule has 10 heteroatoms. The molecule has 2 aromatic carbocycles. The number of carbonyl (C=O) groups is 2. The normalized spacial score (nSPS) is 13.9. The highest BCUT2D eigenvalue weighted by atomic mass is 19.1. The third kappa shape index (κ3) is 6.45. The van der Waals surface area contributed by atoms with Crippen LogP contribution in [0, 0.1) is 11.2 Å². The smallest absolute Gasteiger partial charge is 0.305 e. The number of amides is 1. The van der Waals surface area contributed by atoms with E-state index in [9.17, 15) is 24.2 Å². The first kappa shape index (κ1) is 27.7. The fraction of sp³-hybridized carbons (Fsp3) is 0.370. The lowest BCUT2D eigenvalue weighted by atomic mass is 9.78. The van der Waals surface area contributed by atoms with Gasteiger partial charge in [0.2, 0.25) is 5.88 Å². The van der Waals surface area contributed by atoms with Crippen LogP contribution in [-0.2, 0) is 4.79 Å². The molecule has 1 amide bonds. The Balaban J connectivity index is 1.98. The molecule has 198 valence electrons. The fourth-order valence-electron chi connectivity index (χ4n) is 3.40. The van der Waals surface area contributed by atoms with E-state index in [0.29, 0.717) is 11.3 Å². The van der Waals surface area contributed by atoms with Gasteiger partial charge in [0.15, 0.2) is 5.69 Å². The Hall–Kier alpha value is -3.92. The molecule has 0 bridgehead atoms. The van der Waals surface area contributed by atoms with Crippen molar-refractivity contribution in [2.45, 2.75) is 45.8 Å². The first-order valence-electron chi connectivity index (χ1n) is 11.7. The van der Waals surface area contributed by atoms with Crippen molar-refractivity contribution in [3.05, 3.63) is 71.7 Å². The number of hydrogen-bond donors (Lipinski definition) is 3. The maximum Gasteiger partial charge on any atom is 0.305 e. The fourth-order valence-corrected chi connectivity index (χ4v) is 3.40. The van der Waals surface area contributed by atoms with Gasteiger partial charge in [0.05, 0.1) is 19.6 Å². The Labute approximate surface area is 214 Å². The predicted octanol–water partition coefficient (Wildman–Crippen LogP) is 4.14. The third-order valence-corrected chi connectivity index (χ3v) is 6.31. The molecule has 0 aliphatic rings. The van der Waals surface area contributed by atoms with E-state index < -0.39 is 41.2 Å². The average molecular weight is 514 g/mol. The second-order valence-electron chi connectivity index (χ2n) is 9.91. The highest BCUT2D eigenvalue weighted by Crippen LogP contribution is 2.32. The van der Waals surface area contributed by atoms with E-state index in [1.54, 1.807) is 37.3 Å². The molecule has 0 fully saturated rings. The summed E-state index contributed by atoms with van der Waals surface area (Å²) in [5.41, 5.74) is -1.39. The summed E-state index contributed by atoms with van der Waals surface area (Å²) < 4.78 is 27.0. The molecule has 0 aliphatic heterocycles. The van der Waals surface area contributed by atoms with Crippen LogP contribution >= 0.6 is 0 Å². The number of carbonyl (C=O) groups excluding carboxylic acids is 1. The summed E-state index contributed by atoms with van der Waals surface area (Å²) in [5, 5.41) is 27.2. The largest absolute Gasteiger partial charge is 0.496 e. The van der Waals surface area contributed by atoms with Crippen LogP contribution in [0.5, 0.6) is 11.6 Å². The molecule has 3 N–H and O–H groups in total. The number of halogens is 1. The van der Waals surface area contributed by atoms with E-state index in [2.05, 4.69) is 10.4 Å². The van der Waals surface area contributed by atoms with Crippen LogP contribution in [0.4, 0.5) is 4.39 Å². The Morgan fingerprint density at radius 1 is 1.11 bits per heavy atom. The molecule has 9 nitrogen and oxygen atoms in total. The molecule has 0 radical (unpaired) electrons. The summed E-state index contributed by atoms with van der Waals surface area (Å²) in [7, 11) is 1.45. The number of carboxylic acid groups (broad SMARTS) is 1. The summed E-state index contributed by atoms with van der Waals surface area (Å²) in [6.07, 6.45) is -0.405. The molecule has 1 aromatic heterocycles. The van der Waals surface area contributed by atoms with Crippen LogP contribution in [0.1, 0.15) is 56.2 Å². The SMILES string of the molecule is COc1ccccc1[C@H](CC(=O)O)NC(=O)c1cc(OC[C@@](C)(O)C(C)(C)C)n(-c2ccccc2F)n1. The molecule has 0 unspecified atom stereocenters. The number of para-hydroxylation sites is 2. The summed E-state index contributed by atoms with van der Waals surface area (Å²) in [6.45, 7) is 7.02. The maximum atomic E-state index is 14.6. The van der Waals surface area contributed by atoms with Crippen LogP contribution < -0.4 is 14.8 Å². The monoisotopic (exact) mass is 513 g/mol. The van der Waals surface area contributed by atoms with E-state index >= 15 is 0 Å². The van der Waals surface area contributed by atoms with Crippen LogP contribution in [0.25, 0.3) is 5.69 Å². The lowest BCUT2D eigenvalue weighted by Gasteiger charge is -2.36. The van der Waals surface area contributed by atoms with Crippen molar-refractivity contribution in [3.63, 3.8) is 0 Å². The zero-order chi connectivity index (χ0) is 27.4. The predicted molar refractivity (Wildman–Crippen MR) is 135 cm³/mol. The first-order chi connectivity index (χ1) is 17.3. The molecule has 0 saturated heterocycles. The van der Waals surface area contributed by atoms with E-state index in [-0.39, 0.29) is 23.9 Å². The zero-order valence-corrected chi connectivity index (χ0v) is 21.5. The van der Waals surface area contributed by atoms with Gasteiger partial charge in [0.1, 0.15) is 29.5 Å². The minimum Gasteiger partial charge on any atom is -0.496 e. The molecular weight excluding hydrogens is 481 g/mol. The highest BCUT2D eigenvalue weighted by Gasteiger charge is 2.36. The number of aliphatic hydroxyl groups is 1. The number of aliphatic carboxylic acids is 1. The second kappa shape index (κ2) is 11.0. The lowest BCUT2D eigenvalue weighted by Crippen LogP contribution is -2.45. The second-order valence-corrected chi connectivity index (χ2v) is 9.91. The quantitative estimate of drug-likeness (QED) is 0.372. The van der Waals surface area contributed by atoms with E-state index in [1.807, 2.05) is 20.8 Å². The number of methoxy groups -OCH3 is 1. The highest BCUT2D eigenvalue weighted by molar-refractivity contribution is 5.93. The van der Waals surface area contributed by atoms with Crippen molar-refractivity contribution >= 4 is 11.9 Å². The Bertz CT molecular complexity index is 1270. The summed E-state index contributed by atoms with van der Waals surface area (Å²) in [6, 6.07) is 13.0. The van der Waals surface area contributed by atoms with Crippen LogP contribution in [0.2, 0.25) is 0 Å². The van der Waals surface area contributed by atoms with Crippen LogP contribution in [0.3, 0.4) is 0 Å². The molecule has 37 heavy (non-hydrogen) atoms. The number of carboxylic acids is 1. The van der Waals surface area contributed by atoms with Gasteiger partial charge in [-0.1, -0.05) is 51.1 Å². The lowest BCUT2D eigenvalue weighted by molar-refractivity contribution is -0.137. The van der Waals surface area contributed by atoms with Crippen LogP contribution in [-0.4, -0.2) is 51.2 Å². The van der Waals surface area contributed by atoms with Crippen molar-refractivity contribution in [2.24, 2.45) is 5.41 Å². The van der Waals surface area contributed by atoms with Crippen molar-refractivity contribution in [1.82, 2.24) is 15.1 Å². The summed E-state index contributed by atoms with van der Waals surface area (Å²) in [5.74, 6) is -1.96. The molecule has 0 spiro atoms.